The molecule has 1 fully saturated rings. The molecule has 5 nitrogen and oxygen atoms in total. The second-order valence-electron chi connectivity index (χ2n) is 4.62. The number of carbonyl (C=O) groups is 1. The summed E-state index contributed by atoms with van der Waals surface area (Å²) in [6, 6.07) is 3.63. The third kappa shape index (κ3) is 2.98. The third-order valence-corrected chi connectivity index (χ3v) is 3.29. The van der Waals surface area contributed by atoms with E-state index in [2.05, 4.69) is 22.5 Å². The van der Waals surface area contributed by atoms with Gasteiger partial charge in [0.05, 0.1) is 13.2 Å². The molecular weight excluding hydrogens is 230 g/mol. The molecule has 1 aliphatic heterocycles. The SMILES string of the molecule is COc1ccc(CNC(=O)C2NCCC2C)cn1. The minimum atomic E-state index is -0.0591. The van der Waals surface area contributed by atoms with Gasteiger partial charge in [-0.25, -0.2) is 4.98 Å². The Morgan fingerprint density at radius 3 is 3.00 bits per heavy atom. The Morgan fingerprint density at radius 2 is 2.44 bits per heavy atom. The topological polar surface area (TPSA) is 63.2 Å². The van der Waals surface area contributed by atoms with E-state index < -0.39 is 0 Å². The van der Waals surface area contributed by atoms with Gasteiger partial charge in [0.25, 0.3) is 0 Å². The summed E-state index contributed by atoms with van der Waals surface area (Å²) < 4.78 is 4.98. The fraction of sp³-hybridized carbons (Fsp3) is 0.538. The van der Waals surface area contributed by atoms with E-state index in [1.54, 1.807) is 19.4 Å². The normalized spacial score (nSPS) is 22.8. The first-order valence-corrected chi connectivity index (χ1v) is 6.20. The highest BCUT2D eigenvalue weighted by Gasteiger charge is 2.28. The lowest BCUT2D eigenvalue weighted by Crippen LogP contribution is -2.42. The van der Waals surface area contributed by atoms with E-state index in [4.69, 9.17) is 4.74 Å². The first-order valence-electron chi connectivity index (χ1n) is 6.20. The molecule has 2 rings (SSSR count). The number of hydrogen-bond donors (Lipinski definition) is 2. The second-order valence-corrected chi connectivity index (χ2v) is 4.62. The molecule has 1 aromatic heterocycles. The van der Waals surface area contributed by atoms with Crippen molar-refractivity contribution >= 4 is 5.91 Å². The van der Waals surface area contributed by atoms with Crippen LogP contribution in [0.1, 0.15) is 18.9 Å². The van der Waals surface area contributed by atoms with E-state index in [9.17, 15) is 4.79 Å². The molecule has 2 atom stereocenters. The predicted octanol–water partition coefficient (Wildman–Crippen LogP) is 0.704. The average Bonchev–Trinajstić information content (AvgIpc) is 2.83. The van der Waals surface area contributed by atoms with E-state index in [-0.39, 0.29) is 11.9 Å². The largest absolute Gasteiger partial charge is 0.481 e. The maximum Gasteiger partial charge on any atom is 0.237 e. The zero-order chi connectivity index (χ0) is 13.0. The average molecular weight is 249 g/mol. The van der Waals surface area contributed by atoms with Gasteiger partial charge in [0.1, 0.15) is 0 Å². The smallest absolute Gasteiger partial charge is 0.237 e. The van der Waals surface area contributed by atoms with Crippen molar-refractivity contribution in [2.24, 2.45) is 5.92 Å². The van der Waals surface area contributed by atoms with Crippen molar-refractivity contribution in [3.8, 4) is 5.88 Å². The molecule has 0 spiro atoms. The number of hydrogen-bond acceptors (Lipinski definition) is 4. The maximum absolute atomic E-state index is 11.9. The monoisotopic (exact) mass is 249 g/mol. The van der Waals surface area contributed by atoms with E-state index >= 15 is 0 Å². The van der Waals surface area contributed by atoms with Gasteiger partial charge in [0.2, 0.25) is 11.8 Å². The van der Waals surface area contributed by atoms with Crippen LogP contribution in [-0.2, 0) is 11.3 Å². The molecule has 0 saturated carbocycles. The van der Waals surface area contributed by atoms with Crippen LogP contribution in [0.2, 0.25) is 0 Å². The fourth-order valence-corrected chi connectivity index (χ4v) is 2.12. The lowest BCUT2D eigenvalue weighted by Gasteiger charge is -2.15. The van der Waals surface area contributed by atoms with E-state index in [1.807, 2.05) is 6.07 Å². The Morgan fingerprint density at radius 1 is 1.61 bits per heavy atom. The second kappa shape index (κ2) is 5.82. The minimum absolute atomic E-state index is 0.0591. The van der Waals surface area contributed by atoms with Gasteiger partial charge < -0.3 is 15.4 Å². The highest BCUT2D eigenvalue weighted by Crippen LogP contribution is 2.14. The maximum atomic E-state index is 11.9. The van der Waals surface area contributed by atoms with Gasteiger partial charge in [-0.3, -0.25) is 4.79 Å². The van der Waals surface area contributed by atoms with Gasteiger partial charge in [-0.15, -0.1) is 0 Å². The molecule has 0 aromatic carbocycles. The Balaban J connectivity index is 1.85. The number of pyridine rings is 1. The molecule has 1 aromatic rings. The van der Waals surface area contributed by atoms with Crippen molar-refractivity contribution in [2.75, 3.05) is 13.7 Å². The summed E-state index contributed by atoms with van der Waals surface area (Å²) in [7, 11) is 1.58. The van der Waals surface area contributed by atoms with Crippen LogP contribution in [0.25, 0.3) is 0 Å². The van der Waals surface area contributed by atoms with Gasteiger partial charge >= 0.3 is 0 Å². The molecule has 0 radical (unpaired) electrons. The van der Waals surface area contributed by atoms with Crippen LogP contribution >= 0.6 is 0 Å². The Bertz CT molecular complexity index is 405. The molecule has 1 saturated heterocycles. The molecule has 2 N–H and O–H groups in total. The van der Waals surface area contributed by atoms with Crippen LogP contribution in [0.5, 0.6) is 5.88 Å². The number of methoxy groups -OCH3 is 1. The summed E-state index contributed by atoms with van der Waals surface area (Å²) in [6.07, 6.45) is 2.77. The Labute approximate surface area is 107 Å². The van der Waals surface area contributed by atoms with Crippen molar-refractivity contribution in [3.63, 3.8) is 0 Å². The van der Waals surface area contributed by atoms with Crippen LogP contribution in [0.4, 0.5) is 0 Å². The zero-order valence-corrected chi connectivity index (χ0v) is 10.8. The van der Waals surface area contributed by atoms with Gasteiger partial charge in [-0.2, -0.15) is 0 Å². The van der Waals surface area contributed by atoms with Crippen molar-refractivity contribution in [3.05, 3.63) is 23.9 Å². The van der Waals surface area contributed by atoms with E-state index in [1.165, 1.54) is 0 Å². The summed E-state index contributed by atoms with van der Waals surface area (Å²) in [5, 5.41) is 6.14. The highest BCUT2D eigenvalue weighted by molar-refractivity contribution is 5.82. The summed E-state index contributed by atoms with van der Waals surface area (Å²) in [5.74, 6) is 1.05. The summed E-state index contributed by atoms with van der Waals surface area (Å²) in [6.45, 7) is 3.52. The third-order valence-electron chi connectivity index (χ3n) is 3.29. The van der Waals surface area contributed by atoms with Gasteiger partial charge in [-0.05, 0) is 24.4 Å². The molecule has 1 amide bonds. The number of carbonyl (C=O) groups excluding carboxylic acids is 1. The quantitative estimate of drug-likeness (QED) is 0.824. The minimum Gasteiger partial charge on any atom is -0.481 e. The Hall–Kier alpha value is -1.62. The number of nitrogens with zero attached hydrogens (tertiary/aromatic N) is 1. The molecule has 5 heteroatoms. The molecule has 0 bridgehead atoms. The first kappa shape index (κ1) is 12.8. The Kier molecular flexibility index (Phi) is 4.15. The molecule has 1 aliphatic rings. The molecule has 0 aliphatic carbocycles. The van der Waals surface area contributed by atoms with Gasteiger partial charge in [-0.1, -0.05) is 13.0 Å². The van der Waals surface area contributed by atoms with Gasteiger partial charge in [0.15, 0.2) is 0 Å². The van der Waals surface area contributed by atoms with Gasteiger partial charge in [0, 0.05) is 18.8 Å². The fourth-order valence-electron chi connectivity index (χ4n) is 2.12. The standard InChI is InChI=1S/C13H19N3O2/c1-9-5-6-14-12(9)13(17)16-8-10-3-4-11(18-2)15-7-10/h3-4,7,9,12,14H,5-6,8H2,1-2H3,(H,16,17). The lowest BCUT2D eigenvalue weighted by molar-refractivity contribution is -0.123. The van der Waals surface area contributed by atoms with Crippen LogP contribution < -0.4 is 15.4 Å². The number of amides is 1. The van der Waals surface area contributed by atoms with Crippen molar-refractivity contribution < 1.29 is 9.53 Å². The molecular formula is C13H19N3O2. The van der Waals surface area contributed by atoms with Crippen LogP contribution in [0, 0.1) is 5.92 Å². The zero-order valence-electron chi connectivity index (χ0n) is 10.8. The summed E-state index contributed by atoms with van der Waals surface area (Å²) >= 11 is 0. The van der Waals surface area contributed by atoms with Crippen molar-refractivity contribution in [1.29, 1.82) is 0 Å². The van der Waals surface area contributed by atoms with Crippen LogP contribution in [0.3, 0.4) is 0 Å². The summed E-state index contributed by atoms with van der Waals surface area (Å²) in [5.41, 5.74) is 0.967. The van der Waals surface area contributed by atoms with E-state index in [0.29, 0.717) is 18.3 Å². The van der Waals surface area contributed by atoms with E-state index in [0.717, 1.165) is 18.5 Å². The van der Waals surface area contributed by atoms with Crippen molar-refractivity contribution in [1.82, 2.24) is 15.6 Å². The number of aromatic nitrogens is 1. The molecule has 18 heavy (non-hydrogen) atoms. The highest BCUT2D eigenvalue weighted by atomic mass is 16.5. The number of nitrogens with one attached hydrogen (secondary N) is 2. The lowest BCUT2D eigenvalue weighted by atomic mass is 10.0. The van der Waals surface area contributed by atoms with Crippen molar-refractivity contribution in [2.45, 2.75) is 25.9 Å². The first-order chi connectivity index (χ1) is 8.70. The summed E-state index contributed by atoms with van der Waals surface area (Å²) in [4.78, 5) is 16.0. The molecule has 2 unspecified atom stereocenters. The number of rotatable bonds is 4. The number of ether oxygens (including phenoxy) is 1. The van der Waals surface area contributed by atoms with Crippen LogP contribution in [-0.4, -0.2) is 30.6 Å². The molecule has 2 heterocycles. The molecule has 98 valence electrons. The predicted molar refractivity (Wildman–Crippen MR) is 68.2 cm³/mol. The van der Waals surface area contributed by atoms with Crippen LogP contribution in [0.15, 0.2) is 18.3 Å².